The third kappa shape index (κ3) is 2.62. The maximum atomic E-state index is 10.2. The Morgan fingerprint density at radius 1 is 1.05 bits per heavy atom. The van der Waals surface area contributed by atoms with Crippen molar-refractivity contribution in [3.8, 4) is 0 Å². The van der Waals surface area contributed by atoms with Gasteiger partial charge in [-0.1, -0.05) is 55.5 Å². The molecular formula is C18H21NO. The van der Waals surface area contributed by atoms with Crippen LogP contribution in [0.5, 0.6) is 0 Å². The molecule has 0 spiro atoms. The van der Waals surface area contributed by atoms with Crippen LogP contribution in [0.2, 0.25) is 0 Å². The lowest BCUT2D eigenvalue weighted by Gasteiger charge is -2.18. The van der Waals surface area contributed by atoms with Crippen LogP contribution in [0, 0.1) is 0 Å². The molecule has 0 heterocycles. The molecule has 0 aliphatic heterocycles. The summed E-state index contributed by atoms with van der Waals surface area (Å²) in [5, 5.41) is 13.7. The first-order valence-electron chi connectivity index (χ1n) is 7.35. The number of aryl methyl sites for hydroxylation is 1. The maximum Gasteiger partial charge on any atom is 0.0775 e. The van der Waals surface area contributed by atoms with Gasteiger partial charge in [-0.2, -0.15) is 0 Å². The summed E-state index contributed by atoms with van der Waals surface area (Å²) in [5.41, 5.74) is 5.13. The van der Waals surface area contributed by atoms with Gasteiger partial charge in [0.15, 0.2) is 0 Å². The molecule has 0 fully saturated rings. The zero-order chi connectivity index (χ0) is 13.9. The Morgan fingerprint density at radius 2 is 1.75 bits per heavy atom. The van der Waals surface area contributed by atoms with E-state index in [-0.39, 0.29) is 12.1 Å². The van der Waals surface area contributed by atoms with Crippen LogP contribution in [-0.4, -0.2) is 11.2 Å². The topological polar surface area (TPSA) is 32.3 Å². The highest BCUT2D eigenvalue weighted by molar-refractivity contribution is 5.36. The maximum absolute atomic E-state index is 10.2. The van der Waals surface area contributed by atoms with E-state index in [0.717, 1.165) is 19.4 Å². The summed E-state index contributed by atoms with van der Waals surface area (Å²) in [6.07, 6.45) is 1.51. The SMILES string of the molecule is CCc1ccc(CN[C@@H]2c3ccccc3C[C@@H]2O)cc1. The van der Waals surface area contributed by atoms with E-state index in [0.29, 0.717) is 0 Å². The smallest absolute Gasteiger partial charge is 0.0775 e. The van der Waals surface area contributed by atoms with Gasteiger partial charge in [-0.25, -0.2) is 0 Å². The second kappa shape index (κ2) is 5.78. The summed E-state index contributed by atoms with van der Waals surface area (Å²) in [6, 6.07) is 17.0. The Labute approximate surface area is 120 Å². The first kappa shape index (κ1) is 13.3. The average Bonchev–Trinajstić information content (AvgIpc) is 2.81. The van der Waals surface area contributed by atoms with Crippen LogP contribution in [0.4, 0.5) is 0 Å². The highest BCUT2D eigenvalue weighted by atomic mass is 16.3. The Hall–Kier alpha value is -1.64. The Kier molecular flexibility index (Phi) is 3.86. The van der Waals surface area contributed by atoms with Crippen molar-refractivity contribution >= 4 is 0 Å². The van der Waals surface area contributed by atoms with E-state index in [1.807, 2.05) is 12.1 Å². The first-order valence-corrected chi connectivity index (χ1v) is 7.35. The quantitative estimate of drug-likeness (QED) is 0.892. The van der Waals surface area contributed by atoms with Gasteiger partial charge in [0.2, 0.25) is 0 Å². The van der Waals surface area contributed by atoms with Crippen molar-refractivity contribution in [1.82, 2.24) is 5.32 Å². The fourth-order valence-electron chi connectivity index (χ4n) is 2.94. The predicted molar refractivity (Wildman–Crippen MR) is 81.6 cm³/mol. The second-order valence-electron chi connectivity index (χ2n) is 5.50. The molecule has 2 heteroatoms. The highest BCUT2D eigenvalue weighted by Gasteiger charge is 2.29. The second-order valence-corrected chi connectivity index (χ2v) is 5.50. The predicted octanol–water partition coefficient (Wildman–Crippen LogP) is 3.00. The molecule has 2 atom stereocenters. The molecule has 0 amide bonds. The molecule has 3 rings (SSSR count). The Balaban J connectivity index is 1.69. The van der Waals surface area contributed by atoms with E-state index in [9.17, 15) is 5.11 Å². The summed E-state index contributed by atoms with van der Waals surface area (Å²) in [6.45, 7) is 2.96. The molecule has 1 aliphatic rings. The van der Waals surface area contributed by atoms with Crippen LogP contribution in [0.15, 0.2) is 48.5 Å². The standard InChI is InChI=1S/C18H21NO/c1-2-13-7-9-14(10-8-13)12-19-18-16-6-4-3-5-15(16)11-17(18)20/h3-10,17-20H,2,11-12H2,1H3/t17-,18+/m0/s1. The molecule has 2 nitrogen and oxygen atoms in total. The minimum absolute atomic E-state index is 0.0528. The lowest BCUT2D eigenvalue weighted by Crippen LogP contribution is -2.28. The normalized spacial score (nSPS) is 20.9. The lowest BCUT2D eigenvalue weighted by molar-refractivity contribution is 0.140. The zero-order valence-corrected chi connectivity index (χ0v) is 11.8. The molecule has 0 saturated heterocycles. The molecule has 0 saturated carbocycles. The lowest BCUT2D eigenvalue weighted by atomic mass is 10.1. The number of rotatable bonds is 4. The number of nitrogens with one attached hydrogen (secondary N) is 1. The molecule has 0 bridgehead atoms. The van der Waals surface area contributed by atoms with Gasteiger partial charge in [-0.3, -0.25) is 0 Å². The van der Waals surface area contributed by atoms with Crippen LogP contribution in [0.25, 0.3) is 0 Å². The van der Waals surface area contributed by atoms with Crippen molar-refractivity contribution in [2.75, 3.05) is 0 Å². The van der Waals surface area contributed by atoms with Gasteiger partial charge in [0.05, 0.1) is 12.1 Å². The van der Waals surface area contributed by atoms with Crippen molar-refractivity contribution in [2.24, 2.45) is 0 Å². The molecule has 2 N–H and O–H groups in total. The summed E-state index contributed by atoms with van der Waals surface area (Å²) in [5.74, 6) is 0. The van der Waals surface area contributed by atoms with E-state index >= 15 is 0 Å². The molecule has 2 aromatic carbocycles. The van der Waals surface area contributed by atoms with Gasteiger partial charge in [-0.05, 0) is 28.7 Å². The van der Waals surface area contributed by atoms with Crippen LogP contribution in [-0.2, 0) is 19.4 Å². The molecule has 1 aliphatic carbocycles. The van der Waals surface area contributed by atoms with Crippen molar-refractivity contribution in [2.45, 2.75) is 38.5 Å². The van der Waals surface area contributed by atoms with E-state index in [4.69, 9.17) is 0 Å². The fourth-order valence-corrected chi connectivity index (χ4v) is 2.94. The van der Waals surface area contributed by atoms with Gasteiger partial charge in [0.1, 0.15) is 0 Å². The Bertz CT molecular complexity index is 576. The molecular weight excluding hydrogens is 246 g/mol. The number of fused-ring (bicyclic) bond motifs is 1. The van der Waals surface area contributed by atoms with Crippen LogP contribution >= 0.6 is 0 Å². The monoisotopic (exact) mass is 267 g/mol. The van der Waals surface area contributed by atoms with E-state index in [1.165, 1.54) is 22.3 Å². The van der Waals surface area contributed by atoms with Crippen LogP contribution in [0.3, 0.4) is 0 Å². The van der Waals surface area contributed by atoms with Gasteiger partial charge in [0.25, 0.3) is 0 Å². The molecule has 2 aromatic rings. The molecule has 104 valence electrons. The first-order chi connectivity index (χ1) is 9.78. The number of hydrogen-bond acceptors (Lipinski definition) is 2. The minimum atomic E-state index is -0.317. The largest absolute Gasteiger partial charge is 0.391 e. The van der Waals surface area contributed by atoms with Gasteiger partial charge >= 0.3 is 0 Å². The van der Waals surface area contributed by atoms with Gasteiger partial charge in [0, 0.05) is 13.0 Å². The summed E-state index contributed by atoms with van der Waals surface area (Å²) >= 11 is 0. The molecule has 0 radical (unpaired) electrons. The number of benzene rings is 2. The molecule has 0 aromatic heterocycles. The molecule has 20 heavy (non-hydrogen) atoms. The van der Waals surface area contributed by atoms with Gasteiger partial charge in [-0.15, -0.1) is 0 Å². The van der Waals surface area contributed by atoms with E-state index < -0.39 is 0 Å². The summed E-state index contributed by atoms with van der Waals surface area (Å²) in [4.78, 5) is 0. The van der Waals surface area contributed by atoms with E-state index in [2.05, 4.69) is 48.6 Å². The molecule has 0 unspecified atom stereocenters. The van der Waals surface area contributed by atoms with Gasteiger partial charge < -0.3 is 10.4 Å². The van der Waals surface area contributed by atoms with E-state index in [1.54, 1.807) is 0 Å². The third-order valence-corrected chi connectivity index (χ3v) is 4.16. The number of aliphatic hydroxyl groups excluding tert-OH is 1. The zero-order valence-electron chi connectivity index (χ0n) is 11.8. The van der Waals surface area contributed by atoms with Crippen LogP contribution in [0.1, 0.15) is 35.2 Å². The van der Waals surface area contributed by atoms with Crippen molar-refractivity contribution in [1.29, 1.82) is 0 Å². The average molecular weight is 267 g/mol. The van der Waals surface area contributed by atoms with Crippen molar-refractivity contribution in [3.05, 3.63) is 70.8 Å². The van der Waals surface area contributed by atoms with Crippen LogP contribution < -0.4 is 5.32 Å². The minimum Gasteiger partial charge on any atom is -0.391 e. The Morgan fingerprint density at radius 3 is 2.50 bits per heavy atom. The third-order valence-electron chi connectivity index (χ3n) is 4.16. The van der Waals surface area contributed by atoms with Crippen molar-refractivity contribution in [3.63, 3.8) is 0 Å². The highest BCUT2D eigenvalue weighted by Crippen LogP contribution is 2.31. The fraction of sp³-hybridized carbons (Fsp3) is 0.333. The summed E-state index contributed by atoms with van der Waals surface area (Å²) in [7, 11) is 0. The number of aliphatic hydroxyl groups is 1. The number of hydrogen-bond donors (Lipinski definition) is 2. The van der Waals surface area contributed by atoms with Crippen molar-refractivity contribution < 1.29 is 5.11 Å². The summed E-state index contributed by atoms with van der Waals surface area (Å²) < 4.78 is 0.